The Balaban J connectivity index is 0.000000257. The number of carbonyl (C=O) groups excluding carboxylic acids is 5. The van der Waals surface area contributed by atoms with Crippen LogP contribution in [0.3, 0.4) is 0 Å². The van der Waals surface area contributed by atoms with E-state index in [-0.39, 0.29) is 55.6 Å². The predicted octanol–water partition coefficient (Wildman–Crippen LogP) is 4.86. The molecule has 330 valence electrons. The maximum Gasteiger partial charge on any atom is 0.290 e. The van der Waals surface area contributed by atoms with Gasteiger partial charge in [-0.3, -0.25) is 33.7 Å². The normalized spacial score (nSPS) is 16.6. The summed E-state index contributed by atoms with van der Waals surface area (Å²) in [5.74, 6) is -0.218. The first-order valence-corrected chi connectivity index (χ1v) is 20.9. The van der Waals surface area contributed by atoms with Crippen molar-refractivity contribution in [2.24, 2.45) is 5.92 Å². The zero-order valence-electron chi connectivity index (χ0n) is 36.7. The lowest BCUT2D eigenvalue weighted by atomic mass is 10.1. The molecule has 0 radical (unpaired) electrons. The molecule has 2 unspecified atom stereocenters. The van der Waals surface area contributed by atoms with E-state index in [4.69, 9.17) is 9.90 Å². The van der Waals surface area contributed by atoms with Crippen molar-refractivity contribution in [2.75, 3.05) is 33.2 Å². The molecule has 0 aromatic heterocycles. The van der Waals surface area contributed by atoms with Gasteiger partial charge in [0.05, 0.1) is 19.6 Å². The largest absolute Gasteiger partial charge is 0.483 e. The number of benzene rings is 4. The highest BCUT2D eigenvalue weighted by atomic mass is 16.3. The molecule has 5 amide bonds. The van der Waals surface area contributed by atoms with Crippen LogP contribution in [0.25, 0.3) is 0 Å². The van der Waals surface area contributed by atoms with E-state index in [0.717, 1.165) is 22.3 Å². The number of nitrogens with one attached hydrogen (secondary N) is 1. The Morgan fingerprint density at radius 2 is 1.24 bits per heavy atom. The topological polar surface area (TPSA) is 154 Å². The average molecular weight is 848 g/mol. The van der Waals surface area contributed by atoms with Crippen molar-refractivity contribution < 1.29 is 33.9 Å². The lowest BCUT2D eigenvalue weighted by Gasteiger charge is -2.54. The van der Waals surface area contributed by atoms with Crippen LogP contribution in [-0.2, 0) is 54.9 Å². The highest BCUT2D eigenvalue weighted by Gasteiger charge is 2.49. The number of carboxylic acid groups (broad SMARTS) is 1. The molecule has 62 heavy (non-hydrogen) atoms. The quantitative estimate of drug-likeness (QED) is 0.170. The van der Waals surface area contributed by atoms with Gasteiger partial charge in [0, 0.05) is 39.6 Å². The first-order valence-electron chi connectivity index (χ1n) is 20.9. The fraction of sp³-hybridized carbons (Fsp3) is 0.375. The zero-order chi connectivity index (χ0) is 45.2. The van der Waals surface area contributed by atoms with Crippen molar-refractivity contribution in [2.45, 2.75) is 79.0 Å². The van der Waals surface area contributed by atoms with Gasteiger partial charge in [-0.1, -0.05) is 135 Å². The van der Waals surface area contributed by atoms with Crippen LogP contribution >= 0.6 is 0 Å². The summed E-state index contributed by atoms with van der Waals surface area (Å²) in [6, 6.07) is 38.3. The summed E-state index contributed by atoms with van der Waals surface area (Å²) in [7, 11) is 1.90. The minimum absolute atomic E-state index is 0.0541. The SMILES string of the molecule is CC(=O)N1C2CN(Cc3ccccc3)C(=O)[C@H](C)N2C(=O)CN1Cc1ccccc1.CC(C)CN(Cc1ccccc1)C(=O)C(C)NC(=O)CN(C)Cc1ccccc1.O=CO. The van der Waals surface area contributed by atoms with Crippen LogP contribution in [0.5, 0.6) is 0 Å². The van der Waals surface area contributed by atoms with Gasteiger partial charge in [0.2, 0.25) is 29.5 Å². The minimum Gasteiger partial charge on any atom is -0.483 e. The third-order valence-electron chi connectivity index (χ3n) is 10.3. The highest BCUT2D eigenvalue weighted by Crippen LogP contribution is 2.28. The molecule has 2 aliphatic rings. The molecule has 14 heteroatoms. The Hall–Kier alpha value is -6.38. The van der Waals surface area contributed by atoms with Crippen molar-refractivity contribution in [3.05, 3.63) is 144 Å². The Morgan fingerprint density at radius 1 is 0.774 bits per heavy atom. The number of carbonyl (C=O) groups is 6. The Labute approximate surface area is 365 Å². The Bertz CT molecular complexity index is 2040. The molecule has 14 nitrogen and oxygen atoms in total. The van der Waals surface area contributed by atoms with Gasteiger partial charge in [0.15, 0.2) is 0 Å². The van der Waals surface area contributed by atoms with Gasteiger partial charge in [-0.25, -0.2) is 10.0 Å². The standard InChI is InChI=1S/C24H33N3O2.C23H26N4O3.CH2O2/c1-19(2)15-27(17-22-13-9-6-10-14-22)24(29)20(3)25-23(28)18-26(4)16-21-11-7-5-8-12-21;1-17-23(30)24(13-19-9-5-3-6-10-19)15-21-26(17)22(29)16-25(27(21)18(2)28)14-20-11-7-4-8-12-20;2-1-3/h5-14,19-20H,15-18H2,1-4H3,(H,25,28);3-12,17,21H,13-16H2,1-2H3;1H,(H,2,3)/t;17-,21?;/m.0./s1. The number of likely N-dealkylation sites (N-methyl/N-ethyl adjacent to an activating group) is 1. The monoisotopic (exact) mass is 847 g/mol. The lowest BCUT2D eigenvalue weighted by molar-refractivity contribution is -0.206. The summed E-state index contributed by atoms with van der Waals surface area (Å²) in [5, 5.41) is 13.2. The maximum atomic E-state index is 13.0. The third-order valence-corrected chi connectivity index (χ3v) is 10.3. The highest BCUT2D eigenvalue weighted by molar-refractivity contribution is 5.91. The molecule has 2 heterocycles. The van der Waals surface area contributed by atoms with E-state index in [1.807, 2.05) is 138 Å². The fourth-order valence-corrected chi connectivity index (χ4v) is 7.67. The molecule has 2 aliphatic heterocycles. The van der Waals surface area contributed by atoms with Crippen LogP contribution in [0.15, 0.2) is 121 Å². The van der Waals surface area contributed by atoms with Crippen molar-refractivity contribution in [1.82, 2.24) is 34.9 Å². The summed E-state index contributed by atoms with van der Waals surface area (Å²) in [4.78, 5) is 79.5. The van der Waals surface area contributed by atoms with Gasteiger partial charge >= 0.3 is 0 Å². The van der Waals surface area contributed by atoms with Gasteiger partial charge in [-0.2, -0.15) is 0 Å². The number of amides is 5. The number of fused-ring (bicyclic) bond motifs is 1. The molecular formula is C48H61N7O7. The molecule has 6 rings (SSSR count). The van der Waals surface area contributed by atoms with Gasteiger partial charge < -0.3 is 25.1 Å². The molecule has 0 saturated carbocycles. The number of hydrogen-bond acceptors (Lipinski definition) is 8. The summed E-state index contributed by atoms with van der Waals surface area (Å²) in [6.07, 6.45) is -0.510. The molecule has 4 aromatic rings. The molecule has 3 atom stereocenters. The predicted molar refractivity (Wildman–Crippen MR) is 237 cm³/mol. The zero-order valence-corrected chi connectivity index (χ0v) is 36.7. The number of hydrazine groups is 1. The second-order valence-electron chi connectivity index (χ2n) is 16.0. The number of nitrogens with zero attached hydrogens (tertiary/aromatic N) is 6. The number of hydrogen-bond donors (Lipinski definition) is 2. The van der Waals surface area contributed by atoms with Gasteiger partial charge in [-0.05, 0) is 49.1 Å². The second-order valence-corrected chi connectivity index (χ2v) is 16.0. The summed E-state index contributed by atoms with van der Waals surface area (Å²) in [6.45, 7) is 12.3. The maximum absolute atomic E-state index is 13.0. The first kappa shape index (κ1) is 48.3. The molecule has 2 N–H and O–H groups in total. The van der Waals surface area contributed by atoms with Crippen LogP contribution in [0.1, 0.15) is 56.9 Å². The second kappa shape index (κ2) is 24.2. The third kappa shape index (κ3) is 14.4. The van der Waals surface area contributed by atoms with Crippen molar-refractivity contribution >= 4 is 36.0 Å². The molecule has 0 bridgehead atoms. The van der Waals surface area contributed by atoms with E-state index in [1.54, 1.807) is 33.7 Å². The van der Waals surface area contributed by atoms with Gasteiger partial charge in [0.25, 0.3) is 6.47 Å². The molecule has 0 spiro atoms. The summed E-state index contributed by atoms with van der Waals surface area (Å²) < 4.78 is 0. The smallest absolute Gasteiger partial charge is 0.290 e. The van der Waals surface area contributed by atoms with Crippen LogP contribution in [-0.4, -0.2) is 122 Å². The van der Waals surface area contributed by atoms with E-state index in [9.17, 15) is 24.0 Å². The van der Waals surface area contributed by atoms with Crippen LogP contribution in [0.2, 0.25) is 0 Å². The summed E-state index contributed by atoms with van der Waals surface area (Å²) >= 11 is 0. The Morgan fingerprint density at radius 3 is 1.73 bits per heavy atom. The number of rotatable bonds is 14. The van der Waals surface area contributed by atoms with Crippen LogP contribution in [0, 0.1) is 5.92 Å². The van der Waals surface area contributed by atoms with Crippen molar-refractivity contribution in [3.63, 3.8) is 0 Å². The van der Waals surface area contributed by atoms with E-state index in [2.05, 4.69) is 19.2 Å². The van der Waals surface area contributed by atoms with E-state index in [0.29, 0.717) is 38.6 Å². The molecule has 2 saturated heterocycles. The summed E-state index contributed by atoms with van der Waals surface area (Å²) in [5.41, 5.74) is 4.27. The van der Waals surface area contributed by atoms with Gasteiger partial charge in [-0.15, -0.1) is 0 Å². The minimum atomic E-state index is -0.610. The molecule has 2 fully saturated rings. The van der Waals surface area contributed by atoms with Crippen LogP contribution < -0.4 is 5.32 Å². The molecule has 4 aromatic carbocycles. The van der Waals surface area contributed by atoms with Crippen molar-refractivity contribution in [3.8, 4) is 0 Å². The van der Waals surface area contributed by atoms with E-state index >= 15 is 0 Å². The molecule has 0 aliphatic carbocycles. The van der Waals surface area contributed by atoms with E-state index in [1.165, 1.54) is 6.92 Å². The Kier molecular flexibility index (Phi) is 18.8. The van der Waals surface area contributed by atoms with Crippen molar-refractivity contribution in [1.29, 1.82) is 0 Å². The molecular weight excluding hydrogens is 787 g/mol. The average Bonchev–Trinajstić information content (AvgIpc) is 3.23. The fourth-order valence-electron chi connectivity index (χ4n) is 7.67. The number of piperazine rings is 1. The lowest BCUT2D eigenvalue weighted by Crippen LogP contribution is -2.74. The van der Waals surface area contributed by atoms with E-state index < -0.39 is 18.2 Å². The van der Waals surface area contributed by atoms with Gasteiger partial charge in [0.1, 0.15) is 18.2 Å². The first-order chi connectivity index (χ1) is 29.7. The van der Waals surface area contributed by atoms with Crippen LogP contribution in [0.4, 0.5) is 0 Å².